The highest BCUT2D eigenvalue weighted by Gasteiger charge is 2.25. The van der Waals surface area contributed by atoms with Crippen molar-refractivity contribution in [3.8, 4) is 33.6 Å². The summed E-state index contributed by atoms with van der Waals surface area (Å²) in [7, 11) is 1.99. The molecule has 2 aromatic heterocycles. The van der Waals surface area contributed by atoms with Crippen LogP contribution in [0.4, 0.5) is 10.1 Å². The number of nitrogens with zero attached hydrogens (tertiary/aromatic N) is 1. The standard InChI is InChI=1S/C32H26FN3O3S/c1-34-32(37)30-25-16-23(21-11-14-27-24(15-21)26(18-35-27)19-7-5-4-6-8-19)28(36(2)40(3)38)17-29(25)39-31(30)20-9-12-22(33)13-10-20/h4-18,35H,1-3H3,(H,34,37). The number of anilines is 1. The van der Waals surface area contributed by atoms with E-state index < -0.39 is 11.0 Å². The number of carbonyl (C=O) groups excluding carboxylic acids is 1. The predicted molar refractivity (Wildman–Crippen MR) is 160 cm³/mol. The molecule has 40 heavy (non-hydrogen) atoms. The molecule has 1 atom stereocenters. The van der Waals surface area contributed by atoms with E-state index in [2.05, 4.69) is 28.5 Å². The molecule has 0 radical (unpaired) electrons. The normalized spacial score (nSPS) is 12.1. The number of halogens is 1. The summed E-state index contributed by atoms with van der Waals surface area (Å²) in [6.07, 6.45) is 3.61. The Hall–Kier alpha value is -4.69. The Kier molecular flexibility index (Phi) is 6.48. The zero-order valence-corrected chi connectivity index (χ0v) is 22.9. The minimum atomic E-state index is -1.32. The molecule has 0 fully saturated rings. The molecule has 200 valence electrons. The van der Waals surface area contributed by atoms with Crippen molar-refractivity contribution < 1.29 is 17.8 Å². The first kappa shape index (κ1) is 25.6. The van der Waals surface area contributed by atoms with Gasteiger partial charge in [0.05, 0.1) is 11.3 Å². The summed E-state index contributed by atoms with van der Waals surface area (Å²) in [6.45, 7) is 0. The maximum atomic E-state index is 13.7. The van der Waals surface area contributed by atoms with Gasteiger partial charge in [-0.25, -0.2) is 8.60 Å². The number of rotatable bonds is 6. The Bertz CT molecular complexity index is 1910. The van der Waals surface area contributed by atoms with E-state index in [-0.39, 0.29) is 11.7 Å². The molecular formula is C32H26FN3O3S. The zero-order valence-electron chi connectivity index (χ0n) is 22.1. The molecule has 0 aliphatic heterocycles. The summed E-state index contributed by atoms with van der Waals surface area (Å²) in [4.78, 5) is 16.5. The van der Waals surface area contributed by atoms with Crippen molar-refractivity contribution in [3.63, 3.8) is 0 Å². The number of aromatic nitrogens is 1. The fourth-order valence-corrected chi connectivity index (χ4v) is 5.49. The second-order valence-corrected chi connectivity index (χ2v) is 10.9. The Balaban J connectivity index is 1.62. The SMILES string of the molecule is CNC(=O)c1c(-c2ccc(F)cc2)oc2cc(N(C)S(C)=O)c(-c3ccc4[nH]cc(-c5ccccc5)c4c3)cc12. The lowest BCUT2D eigenvalue weighted by atomic mass is 9.96. The minimum Gasteiger partial charge on any atom is -0.455 e. The summed E-state index contributed by atoms with van der Waals surface area (Å²) in [5, 5.41) is 4.35. The topological polar surface area (TPSA) is 78.3 Å². The molecule has 6 rings (SSSR count). The van der Waals surface area contributed by atoms with E-state index in [1.807, 2.05) is 48.7 Å². The molecule has 0 aliphatic rings. The van der Waals surface area contributed by atoms with Crippen LogP contribution in [-0.4, -0.2) is 35.5 Å². The molecule has 0 spiro atoms. The van der Waals surface area contributed by atoms with Crippen LogP contribution in [0.25, 0.3) is 55.4 Å². The highest BCUT2D eigenvalue weighted by atomic mass is 32.2. The summed E-state index contributed by atoms with van der Waals surface area (Å²) in [5.41, 5.74) is 6.92. The number of amides is 1. The van der Waals surface area contributed by atoms with Gasteiger partial charge in [0.25, 0.3) is 5.91 Å². The molecule has 0 saturated carbocycles. The second-order valence-electron chi connectivity index (χ2n) is 9.51. The molecule has 1 amide bonds. The van der Waals surface area contributed by atoms with Crippen molar-refractivity contribution in [1.29, 1.82) is 0 Å². The van der Waals surface area contributed by atoms with Crippen LogP contribution in [0.15, 0.2) is 95.5 Å². The van der Waals surface area contributed by atoms with Gasteiger partial charge in [-0.05, 0) is 53.6 Å². The first-order chi connectivity index (χ1) is 19.4. The Labute approximate surface area is 233 Å². The number of hydrogen-bond acceptors (Lipinski definition) is 3. The number of fused-ring (bicyclic) bond motifs is 2. The number of carbonyl (C=O) groups is 1. The maximum absolute atomic E-state index is 13.7. The number of furan rings is 1. The summed E-state index contributed by atoms with van der Waals surface area (Å²) in [6, 6.07) is 25.8. The van der Waals surface area contributed by atoms with E-state index in [9.17, 15) is 13.4 Å². The van der Waals surface area contributed by atoms with Crippen molar-refractivity contribution in [3.05, 3.63) is 103 Å². The van der Waals surface area contributed by atoms with Crippen LogP contribution in [0.1, 0.15) is 10.4 Å². The molecule has 0 bridgehead atoms. The molecule has 1 unspecified atom stereocenters. The van der Waals surface area contributed by atoms with Gasteiger partial charge in [0.1, 0.15) is 28.1 Å². The number of aromatic amines is 1. The van der Waals surface area contributed by atoms with Gasteiger partial charge >= 0.3 is 0 Å². The van der Waals surface area contributed by atoms with Crippen molar-refractivity contribution in [2.24, 2.45) is 0 Å². The monoisotopic (exact) mass is 551 g/mol. The smallest absolute Gasteiger partial charge is 0.255 e. The quantitative estimate of drug-likeness (QED) is 0.231. The van der Waals surface area contributed by atoms with Gasteiger partial charge in [-0.2, -0.15) is 0 Å². The van der Waals surface area contributed by atoms with Crippen LogP contribution in [0.2, 0.25) is 0 Å². The lowest BCUT2D eigenvalue weighted by Crippen LogP contribution is -2.20. The highest BCUT2D eigenvalue weighted by Crippen LogP contribution is 2.42. The number of benzene rings is 4. The predicted octanol–water partition coefficient (Wildman–Crippen LogP) is 7.14. The largest absolute Gasteiger partial charge is 0.455 e. The van der Waals surface area contributed by atoms with E-state index in [0.717, 1.165) is 33.2 Å². The fourth-order valence-electron chi connectivity index (χ4n) is 5.06. The number of hydrogen-bond donors (Lipinski definition) is 2. The van der Waals surface area contributed by atoms with Crippen LogP contribution < -0.4 is 9.62 Å². The Morgan fingerprint density at radius 3 is 2.33 bits per heavy atom. The van der Waals surface area contributed by atoms with Gasteiger partial charge < -0.3 is 14.7 Å². The van der Waals surface area contributed by atoms with Crippen LogP contribution in [0.5, 0.6) is 0 Å². The number of nitrogens with one attached hydrogen (secondary N) is 2. The van der Waals surface area contributed by atoms with Gasteiger partial charge in [0, 0.05) is 65.6 Å². The lowest BCUT2D eigenvalue weighted by molar-refractivity contribution is 0.0964. The average Bonchev–Trinajstić information content (AvgIpc) is 3.57. The minimum absolute atomic E-state index is 0.323. The molecule has 4 aromatic carbocycles. The van der Waals surface area contributed by atoms with Gasteiger partial charge in [0.2, 0.25) is 0 Å². The maximum Gasteiger partial charge on any atom is 0.255 e. The van der Waals surface area contributed by atoms with E-state index in [1.54, 1.807) is 36.8 Å². The van der Waals surface area contributed by atoms with Crippen LogP contribution >= 0.6 is 0 Å². The molecule has 2 N–H and O–H groups in total. The first-order valence-electron chi connectivity index (χ1n) is 12.7. The third-order valence-electron chi connectivity index (χ3n) is 7.17. The second kappa shape index (κ2) is 10.1. The molecular weight excluding hydrogens is 525 g/mol. The molecule has 8 heteroatoms. The molecule has 6 nitrogen and oxygen atoms in total. The Morgan fingerprint density at radius 1 is 0.900 bits per heavy atom. The average molecular weight is 552 g/mol. The van der Waals surface area contributed by atoms with E-state index in [1.165, 1.54) is 12.1 Å². The van der Waals surface area contributed by atoms with E-state index in [0.29, 0.717) is 33.5 Å². The van der Waals surface area contributed by atoms with Crippen molar-refractivity contribution in [1.82, 2.24) is 10.3 Å². The van der Waals surface area contributed by atoms with Gasteiger partial charge in [-0.1, -0.05) is 36.4 Å². The Morgan fingerprint density at radius 2 is 1.62 bits per heavy atom. The summed E-state index contributed by atoms with van der Waals surface area (Å²) < 4.78 is 34.2. The number of H-pyrrole nitrogens is 1. The lowest BCUT2D eigenvalue weighted by Gasteiger charge is -2.20. The van der Waals surface area contributed by atoms with Crippen LogP contribution in [-0.2, 0) is 11.0 Å². The van der Waals surface area contributed by atoms with Crippen LogP contribution in [0.3, 0.4) is 0 Å². The van der Waals surface area contributed by atoms with Gasteiger partial charge in [-0.15, -0.1) is 0 Å². The van der Waals surface area contributed by atoms with Gasteiger partial charge in [0.15, 0.2) is 0 Å². The summed E-state index contributed by atoms with van der Waals surface area (Å²) in [5.74, 6) is -0.366. The van der Waals surface area contributed by atoms with Crippen molar-refractivity contribution in [2.45, 2.75) is 0 Å². The fraction of sp³-hybridized carbons (Fsp3) is 0.0938. The molecule has 0 aliphatic carbocycles. The van der Waals surface area contributed by atoms with Gasteiger partial charge in [-0.3, -0.25) is 9.10 Å². The molecule has 6 aromatic rings. The third kappa shape index (κ3) is 4.36. The molecule has 2 heterocycles. The zero-order chi connectivity index (χ0) is 28.0. The molecule has 0 saturated heterocycles. The van der Waals surface area contributed by atoms with Crippen LogP contribution in [0, 0.1) is 5.82 Å². The summed E-state index contributed by atoms with van der Waals surface area (Å²) >= 11 is 0. The first-order valence-corrected chi connectivity index (χ1v) is 14.2. The van der Waals surface area contributed by atoms with Crippen molar-refractivity contribution >= 4 is 44.5 Å². The van der Waals surface area contributed by atoms with E-state index in [4.69, 9.17) is 4.42 Å². The third-order valence-corrected chi connectivity index (χ3v) is 8.14. The highest BCUT2D eigenvalue weighted by molar-refractivity contribution is 7.85. The van der Waals surface area contributed by atoms with E-state index >= 15 is 0 Å². The van der Waals surface area contributed by atoms with Crippen molar-refractivity contribution in [2.75, 3.05) is 24.7 Å².